The number of carbonyl (C=O) groups excluding carboxylic acids is 1. The van der Waals surface area contributed by atoms with Gasteiger partial charge in [-0.25, -0.2) is 14.5 Å². The van der Waals surface area contributed by atoms with Crippen molar-refractivity contribution < 1.29 is 4.79 Å². The second-order valence-electron chi connectivity index (χ2n) is 9.43. The summed E-state index contributed by atoms with van der Waals surface area (Å²) in [6, 6.07) is 8.05. The van der Waals surface area contributed by atoms with Crippen LogP contribution in [0.3, 0.4) is 0 Å². The van der Waals surface area contributed by atoms with Crippen molar-refractivity contribution in [3.05, 3.63) is 41.5 Å². The fourth-order valence-electron chi connectivity index (χ4n) is 4.84. The summed E-state index contributed by atoms with van der Waals surface area (Å²) in [7, 11) is 0. The molecule has 0 radical (unpaired) electrons. The van der Waals surface area contributed by atoms with Crippen molar-refractivity contribution in [3.63, 3.8) is 0 Å². The Kier molecular flexibility index (Phi) is 6.90. The van der Waals surface area contributed by atoms with Crippen LogP contribution in [0, 0.1) is 25.7 Å². The van der Waals surface area contributed by atoms with Crippen molar-refractivity contribution in [2.75, 3.05) is 38.0 Å². The highest BCUT2D eigenvalue weighted by Gasteiger charge is 2.26. The Balaban J connectivity index is 1.32. The van der Waals surface area contributed by atoms with Gasteiger partial charge in [0, 0.05) is 25.3 Å². The van der Waals surface area contributed by atoms with E-state index in [1.54, 1.807) is 0 Å². The van der Waals surface area contributed by atoms with Gasteiger partial charge in [0.15, 0.2) is 0 Å². The summed E-state index contributed by atoms with van der Waals surface area (Å²) in [6.45, 7) is 12.1. The molecule has 2 aromatic rings. The maximum Gasteiger partial charge on any atom is 0.321 e. The normalized spacial score (nSPS) is 20.7. The number of nitrogens with zero attached hydrogens (tertiary/aromatic N) is 5. The summed E-state index contributed by atoms with van der Waals surface area (Å²) in [5.41, 5.74) is 1.94. The van der Waals surface area contributed by atoms with Crippen LogP contribution in [0.25, 0.3) is 0 Å². The van der Waals surface area contributed by atoms with E-state index in [4.69, 9.17) is 0 Å². The molecule has 4 rings (SSSR count). The van der Waals surface area contributed by atoms with Crippen molar-refractivity contribution >= 4 is 11.7 Å². The molecule has 1 aromatic carbocycles. The maximum absolute atomic E-state index is 12.9. The number of hydrogen-bond donors (Lipinski definition) is 1. The van der Waals surface area contributed by atoms with Crippen LogP contribution in [0.5, 0.6) is 0 Å². The van der Waals surface area contributed by atoms with Crippen molar-refractivity contribution in [1.29, 1.82) is 0 Å². The lowest BCUT2D eigenvalue weighted by atomic mass is 9.94. The average Bonchev–Trinajstić information content (AvgIpc) is 3.07. The molecular weight excluding hydrogens is 388 g/mol. The molecular formula is C24H36N6O. The summed E-state index contributed by atoms with van der Waals surface area (Å²) in [6.07, 6.45) is 4.93. The van der Waals surface area contributed by atoms with E-state index < -0.39 is 0 Å². The Morgan fingerprint density at radius 1 is 1.16 bits per heavy atom. The Labute approximate surface area is 185 Å². The summed E-state index contributed by atoms with van der Waals surface area (Å²) in [4.78, 5) is 21.9. The van der Waals surface area contributed by atoms with Crippen molar-refractivity contribution in [3.8, 4) is 0 Å². The summed E-state index contributed by atoms with van der Waals surface area (Å²) < 4.78 is 1.90. The SMILES string of the molecule is Cc1nc(C)n(Cc2cccc(NC(=O)N3CCCC(CN4CCC(C)CC4)C3)c2)n1. The molecule has 0 saturated carbocycles. The highest BCUT2D eigenvalue weighted by molar-refractivity contribution is 5.89. The van der Waals surface area contributed by atoms with Crippen LogP contribution in [0.1, 0.15) is 49.8 Å². The van der Waals surface area contributed by atoms with Gasteiger partial charge >= 0.3 is 6.03 Å². The Hall–Kier alpha value is -2.41. The Morgan fingerprint density at radius 2 is 1.97 bits per heavy atom. The lowest BCUT2D eigenvalue weighted by Gasteiger charge is -2.37. The van der Waals surface area contributed by atoms with Crippen LogP contribution < -0.4 is 5.32 Å². The number of urea groups is 1. The van der Waals surface area contributed by atoms with Gasteiger partial charge in [-0.2, -0.15) is 5.10 Å². The van der Waals surface area contributed by atoms with Gasteiger partial charge in [-0.3, -0.25) is 0 Å². The van der Waals surface area contributed by atoms with Crippen molar-refractivity contribution in [1.82, 2.24) is 24.6 Å². The molecule has 31 heavy (non-hydrogen) atoms. The zero-order chi connectivity index (χ0) is 21.8. The quantitative estimate of drug-likeness (QED) is 0.790. The van der Waals surface area contributed by atoms with E-state index >= 15 is 0 Å². The molecule has 168 valence electrons. The van der Waals surface area contributed by atoms with Crippen LogP contribution in [0.15, 0.2) is 24.3 Å². The third kappa shape index (κ3) is 5.85. The highest BCUT2D eigenvalue weighted by atomic mass is 16.2. The first-order valence-corrected chi connectivity index (χ1v) is 11.7. The smallest absolute Gasteiger partial charge is 0.321 e. The van der Waals surface area contributed by atoms with Crippen LogP contribution in [-0.4, -0.2) is 63.3 Å². The summed E-state index contributed by atoms with van der Waals surface area (Å²) in [5.74, 6) is 3.12. The molecule has 1 N–H and O–H groups in total. The Morgan fingerprint density at radius 3 is 2.71 bits per heavy atom. The van der Waals surface area contributed by atoms with Gasteiger partial charge in [0.2, 0.25) is 0 Å². The molecule has 2 fully saturated rings. The van der Waals surface area contributed by atoms with Gasteiger partial charge < -0.3 is 15.1 Å². The lowest BCUT2D eigenvalue weighted by molar-refractivity contribution is 0.124. The third-order valence-corrected chi connectivity index (χ3v) is 6.67. The predicted molar refractivity (Wildman–Crippen MR) is 123 cm³/mol. The number of anilines is 1. The third-order valence-electron chi connectivity index (χ3n) is 6.67. The average molecular weight is 425 g/mol. The number of likely N-dealkylation sites (tertiary alicyclic amines) is 2. The fourth-order valence-corrected chi connectivity index (χ4v) is 4.84. The highest BCUT2D eigenvalue weighted by Crippen LogP contribution is 2.22. The lowest BCUT2D eigenvalue weighted by Crippen LogP contribution is -2.46. The molecule has 7 nitrogen and oxygen atoms in total. The minimum atomic E-state index is 0.0156. The Bertz CT molecular complexity index is 886. The zero-order valence-electron chi connectivity index (χ0n) is 19.2. The summed E-state index contributed by atoms with van der Waals surface area (Å²) in [5, 5.41) is 7.55. The standard InChI is InChI=1S/C24H36N6O/c1-18-9-12-28(13-10-18)15-22-7-5-11-29(16-22)24(31)26-23-8-4-6-21(14-23)17-30-20(3)25-19(2)27-30/h4,6,8,14,18,22H,5,7,9-13,15-17H2,1-3H3,(H,26,31). The molecule has 2 aliphatic rings. The number of amides is 2. The molecule has 0 aliphatic carbocycles. The maximum atomic E-state index is 12.9. The molecule has 1 unspecified atom stereocenters. The largest absolute Gasteiger partial charge is 0.324 e. The molecule has 2 amide bonds. The van der Waals surface area contributed by atoms with E-state index in [1.165, 1.54) is 32.4 Å². The van der Waals surface area contributed by atoms with Crippen LogP contribution >= 0.6 is 0 Å². The number of piperidine rings is 2. The van der Waals surface area contributed by atoms with E-state index in [9.17, 15) is 4.79 Å². The molecule has 7 heteroatoms. The van der Waals surface area contributed by atoms with E-state index in [0.29, 0.717) is 12.5 Å². The second kappa shape index (κ2) is 9.81. The van der Waals surface area contributed by atoms with Crippen LogP contribution in [0.4, 0.5) is 10.5 Å². The molecule has 0 bridgehead atoms. The molecule has 2 aliphatic heterocycles. The molecule has 1 atom stereocenters. The second-order valence-corrected chi connectivity index (χ2v) is 9.43. The number of aromatic nitrogens is 3. The first-order valence-electron chi connectivity index (χ1n) is 11.7. The molecule has 0 spiro atoms. The molecule has 3 heterocycles. The van der Waals surface area contributed by atoms with Gasteiger partial charge in [0.1, 0.15) is 11.6 Å². The van der Waals surface area contributed by atoms with Gasteiger partial charge in [0.25, 0.3) is 0 Å². The van der Waals surface area contributed by atoms with E-state index in [-0.39, 0.29) is 6.03 Å². The summed E-state index contributed by atoms with van der Waals surface area (Å²) >= 11 is 0. The zero-order valence-corrected chi connectivity index (χ0v) is 19.2. The van der Waals surface area contributed by atoms with Crippen LogP contribution in [-0.2, 0) is 6.54 Å². The van der Waals surface area contributed by atoms with Crippen molar-refractivity contribution in [2.45, 2.75) is 53.0 Å². The predicted octanol–water partition coefficient (Wildman–Crippen LogP) is 3.92. The topological polar surface area (TPSA) is 66.3 Å². The van der Waals surface area contributed by atoms with Crippen molar-refractivity contribution in [2.24, 2.45) is 11.8 Å². The fraction of sp³-hybridized carbons (Fsp3) is 0.625. The molecule has 2 saturated heterocycles. The number of benzene rings is 1. The number of hydrogen-bond acceptors (Lipinski definition) is 4. The number of rotatable bonds is 5. The number of aryl methyl sites for hydroxylation is 2. The van der Waals surface area contributed by atoms with Gasteiger partial charge in [-0.05, 0) is 82.2 Å². The van der Waals surface area contributed by atoms with E-state index in [1.807, 2.05) is 41.6 Å². The molecule has 1 aromatic heterocycles. The van der Waals surface area contributed by atoms with E-state index in [0.717, 1.165) is 54.9 Å². The number of nitrogens with one attached hydrogen (secondary N) is 1. The van der Waals surface area contributed by atoms with Crippen LogP contribution in [0.2, 0.25) is 0 Å². The first-order chi connectivity index (χ1) is 15.0. The minimum Gasteiger partial charge on any atom is -0.324 e. The first kappa shape index (κ1) is 21.8. The van der Waals surface area contributed by atoms with E-state index in [2.05, 4.69) is 33.3 Å². The monoisotopic (exact) mass is 424 g/mol. The van der Waals surface area contributed by atoms with Gasteiger partial charge in [0.05, 0.1) is 6.54 Å². The minimum absolute atomic E-state index is 0.0156. The van der Waals surface area contributed by atoms with Gasteiger partial charge in [-0.1, -0.05) is 19.1 Å². The van der Waals surface area contributed by atoms with Gasteiger partial charge in [-0.15, -0.1) is 0 Å². The number of carbonyl (C=O) groups is 1.